The van der Waals surface area contributed by atoms with Crippen molar-refractivity contribution in [2.24, 2.45) is 0 Å². The molecule has 0 aromatic heterocycles. The summed E-state index contributed by atoms with van der Waals surface area (Å²) in [4.78, 5) is 0. The Balaban J connectivity index is 0.000000277. The first-order valence-corrected chi connectivity index (χ1v) is 16.4. The molecule has 0 spiro atoms. The number of aromatic hydroxyl groups is 1. The lowest BCUT2D eigenvalue weighted by molar-refractivity contribution is -0.597. The Morgan fingerprint density at radius 1 is 0.795 bits per heavy atom. The van der Waals surface area contributed by atoms with Crippen LogP contribution in [-0.4, -0.2) is 23.2 Å². The van der Waals surface area contributed by atoms with Crippen LogP contribution in [0.15, 0.2) is 60.7 Å². The van der Waals surface area contributed by atoms with Gasteiger partial charge in [0.15, 0.2) is 7.14 Å². The Bertz CT molecular complexity index is 1260. The molecule has 0 saturated heterocycles. The van der Waals surface area contributed by atoms with Crippen LogP contribution in [0.1, 0.15) is 89.1 Å². The predicted molar refractivity (Wildman–Crippen MR) is 152 cm³/mol. The van der Waals surface area contributed by atoms with Crippen LogP contribution < -0.4 is 21.2 Å². The third kappa shape index (κ3) is 10.8. The Morgan fingerprint density at radius 3 is 1.54 bits per heavy atom. The van der Waals surface area contributed by atoms with Gasteiger partial charge in [-0.2, -0.15) is 8.42 Å². The second-order valence-corrected chi connectivity index (χ2v) is 15.9. The molecule has 0 aliphatic carbocycles. The van der Waals surface area contributed by atoms with Gasteiger partial charge in [-0.3, -0.25) is 4.55 Å². The summed E-state index contributed by atoms with van der Waals surface area (Å²) < 4.78 is 36.7. The molecule has 214 valence electrons. The molecule has 0 aliphatic heterocycles. The van der Waals surface area contributed by atoms with E-state index in [-0.39, 0.29) is 61.4 Å². The smallest absolute Gasteiger partial charge is 0.397 e. The molecule has 3 aromatic rings. The SMILES string of the molecule is CC(C)(C)c1ccc([I+]c2ccc(C(C)(C)C)cc2)cc1.CC(C)c1cc(CO)c(O)c(COS(=O)(=O)O)c1. The van der Waals surface area contributed by atoms with E-state index in [1.54, 1.807) is 12.1 Å². The molecule has 0 atom stereocenters. The first-order chi connectivity index (χ1) is 17.9. The predicted octanol–water partition coefficient (Wildman–Crippen LogP) is 3.74. The van der Waals surface area contributed by atoms with Crippen molar-refractivity contribution < 1.29 is 48.6 Å². The average Bonchev–Trinajstić information content (AvgIpc) is 2.82. The fourth-order valence-corrected chi connectivity index (χ4v) is 6.07. The largest absolute Gasteiger partial charge is 0.507 e. The lowest BCUT2D eigenvalue weighted by atomic mass is 9.87. The van der Waals surface area contributed by atoms with Gasteiger partial charge in [0.05, 0.1) is 13.2 Å². The summed E-state index contributed by atoms with van der Waals surface area (Å²) in [5.74, 6) is -0.0917. The molecular weight excluding hydrogens is 627 g/mol. The quantitative estimate of drug-likeness (QED) is 0.262. The number of hydrogen-bond acceptors (Lipinski definition) is 5. The maximum atomic E-state index is 10.5. The van der Waals surface area contributed by atoms with Crippen LogP contribution in [0, 0.1) is 7.14 Å². The summed E-state index contributed by atoms with van der Waals surface area (Å²) in [6.07, 6.45) is 0. The molecule has 0 radical (unpaired) electrons. The van der Waals surface area contributed by atoms with Gasteiger partial charge in [-0.25, -0.2) is 4.18 Å². The standard InChI is InChI=1S/C20H26I.C11H16O6S/c1-19(2,3)15-7-11-17(12-8-15)21-18-13-9-16(10-14-18)20(4,5)6;1-7(2)8-3-9(5-12)11(13)10(4-8)6-17-18(14,15)16/h7-14H,1-6H3;3-4,7,12-13H,5-6H2,1-2H3,(H,14,15,16)/q+1;. The van der Waals surface area contributed by atoms with Gasteiger partial charge in [-0.05, 0) is 69.8 Å². The van der Waals surface area contributed by atoms with Crippen molar-refractivity contribution in [3.05, 3.63) is 95.6 Å². The maximum Gasteiger partial charge on any atom is 0.397 e. The van der Waals surface area contributed by atoms with E-state index in [0.29, 0.717) is 0 Å². The molecule has 0 saturated carbocycles. The van der Waals surface area contributed by atoms with E-state index in [1.807, 2.05) is 13.8 Å². The Kier molecular flexibility index (Phi) is 11.6. The second kappa shape index (κ2) is 13.6. The number of benzene rings is 3. The highest BCUT2D eigenvalue weighted by Gasteiger charge is 2.20. The molecule has 3 rings (SSSR count). The van der Waals surface area contributed by atoms with Crippen LogP contribution in [0.3, 0.4) is 0 Å². The molecule has 0 bridgehead atoms. The van der Waals surface area contributed by atoms with Gasteiger partial charge in [0.1, 0.15) is 5.75 Å². The molecular formula is C31H42IO6S+. The van der Waals surface area contributed by atoms with Gasteiger partial charge in [-0.15, -0.1) is 0 Å². The zero-order chi connectivity index (χ0) is 29.6. The van der Waals surface area contributed by atoms with E-state index in [0.717, 1.165) is 5.56 Å². The number of rotatable bonds is 7. The van der Waals surface area contributed by atoms with Crippen LogP contribution in [0.5, 0.6) is 5.75 Å². The lowest BCUT2D eigenvalue weighted by Crippen LogP contribution is -3.61. The van der Waals surface area contributed by atoms with E-state index in [1.165, 1.54) is 18.3 Å². The van der Waals surface area contributed by atoms with E-state index in [2.05, 4.69) is 94.3 Å². The van der Waals surface area contributed by atoms with Crippen LogP contribution in [0.4, 0.5) is 0 Å². The van der Waals surface area contributed by atoms with Crippen molar-refractivity contribution in [3.8, 4) is 5.75 Å². The molecule has 0 heterocycles. The fraction of sp³-hybridized carbons (Fsp3) is 0.419. The maximum absolute atomic E-state index is 10.5. The molecule has 3 aromatic carbocycles. The monoisotopic (exact) mass is 669 g/mol. The number of aliphatic hydroxyl groups is 1. The van der Waals surface area contributed by atoms with Gasteiger partial charge in [0.25, 0.3) is 0 Å². The van der Waals surface area contributed by atoms with E-state index in [9.17, 15) is 13.5 Å². The van der Waals surface area contributed by atoms with E-state index in [4.69, 9.17) is 9.66 Å². The first-order valence-electron chi connectivity index (χ1n) is 12.8. The van der Waals surface area contributed by atoms with Gasteiger partial charge < -0.3 is 10.2 Å². The van der Waals surface area contributed by atoms with Crippen molar-refractivity contribution in [2.45, 2.75) is 85.4 Å². The zero-order valence-electron chi connectivity index (χ0n) is 24.1. The molecule has 0 aliphatic rings. The number of halogens is 1. The van der Waals surface area contributed by atoms with Crippen LogP contribution in [-0.2, 0) is 38.6 Å². The summed E-state index contributed by atoms with van der Waals surface area (Å²) in [5.41, 5.74) is 4.62. The molecule has 8 heteroatoms. The number of hydrogen-bond donors (Lipinski definition) is 3. The molecule has 6 nitrogen and oxygen atoms in total. The number of aliphatic hydroxyl groups excluding tert-OH is 1. The minimum atomic E-state index is -4.57. The van der Waals surface area contributed by atoms with Gasteiger partial charge in [0, 0.05) is 11.1 Å². The Labute approximate surface area is 244 Å². The summed E-state index contributed by atoms with van der Waals surface area (Å²) in [5, 5.41) is 18.9. The van der Waals surface area contributed by atoms with Crippen molar-refractivity contribution in [2.75, 3.05) is 0 Å². The van der Waals surface area contributed by atoms with E-state index < -0.39 is 17.0 Å². The van der Waals surface area contributed by atoms with Crippen molar-refractivity contribution in [1.29, 1.82) is 0 Å². The van der Waals surface area contributed by atoms with Gasteiger partial charge in [0.2, 0.25) is 0 Å². The Hall–Kier alpha value is -1.98. The van der Waals surface area contributed by atoms with Crippen molar-refractivity contribution in [3.63, 3.8) is 0 Å². The second-order valence-electron chi connectivity index (χ2n) is 11.8. The van der Waals surface area contributed by atoms with Crippen LogP contribution >= 0.6 is 0 Å². The lowest BCUT2D eigenvalue weighted by Gasteiger charge is -2.18. The normalized spacial score (nSPS) is 12.3. The topological polar surface area (TPSA) is 104 Å². The number of phenols is 1. The summed E-state index contributed by atoms with van der Waals surface area (Å²) in [7, 11) is -4.57. The molecule has 0 amide bonds. The van der Waals surface area contributed by atoms with Gasteiger partial charge in [-0.1, -0.05) is 79.7 Å². The highest BCUT2D eigenvalue weighted by Crippen LogP contribution is 2.29. The summed E-state index contributed by atoms with van der Waals surface area (Å²) in [6.45, 7) is 16.6. The average molecular weight is 670 g/mol. The van der Waals surface area contributed by atoms with Gasteiger partial charge >= 0.3 is 31.6 Å². The van der Waals surface area contributed by atoms with E-state index >= 15 is 0 Å². The minimum Gasteiger partial charge on any atom is -0.507 e. The molecule has 39 heavy (non-hydrogen) atoms. The third-order valence-electron chi connectivity index (χ3n) is 6.13. The first kappa shape index (κ1) is 33.2. The fourth-order valence-electron chi connectivity index (χ4n) is 3.64. The molecule has 3 N–H and O–H groups in total. The van der Waals surface area contributed by atoms with Crippen LogP contribution in [0.25, 0.3) is 0 Å². The van der Waals surface area contributed by atoms with Crippen molar-refractivity contribution in [1.82, 2.24) is 0 Å². The summed E-state index contributed by atoms with van der Waals surface area (Å²) >= 11 is -0.0703. The molecule has 0 fully saturated rings. The van der Waals surface area contributed by atoms with Crippen LogP contribution in [0.2, 0.25) is 0 Å². The minimum absolute atomic E-state index is 0.0703. The van der Waals surface area contributed by atoms with Crippen molar-refractivity contribution >= 4 is 10.4 Å². The third-order valence-corrected chi connectivity index (χ3v) is 9.23. The zero-order valence-corrected chi connectivity index (χ0v) is 27.1. The summed E-state index contributed by atoms with van der Waals surface area (Å²) in [6, 6.07) is 21.6. The molecule has 0 unspecified atom stereocenters. The Morgan fingerprint density at radius 2 is 1.21 bits per heavy atom. The highest BCUT2D eigenvalue weighted by atomic mass is 127. The highest BCUT2D eigenvalue weighted by molar-refractivity contribution is 7.80.